The zero-order valence-corrected chi connectivity index (χ0v) is 6.74. The fraction of sp³-hybridized carbons (Fsp3) is 0.429. The molecule has 0 fully saturated rings. The van der Waals surface area contributed by atoms with Crippen molar-refractivity contribution in [1.29, 1.82) is 0 Å². The van der Waals surface area contributed by atoms with E-state index in [2.05, 4.69) is 14.4 Å². The first-order valence-electron chi connectivity index (χ1n) is 3.60. The molecule has 0 saturated heterocycles. The molecule has 0 aliphatic rings. The van der Waals surface area contributed by atoms with Crippen LogP contribution in [0.5, 0.6) is 0 Å². The molecule has 0 bridgehead atoms. The SMILES string of the molecule is CCOC(=O)c1cc(CN)no1. The number of aromatic nitrogens is 1. The van der Waals surface area contributed by atoms with E-state index in [-0.39, 0.29) is 12.3 Å². The van der Waals surface area contributed by atoms with Crippen molar-refractivity contribution in [2.45, 2.75) is 13.5 Å². The summed E-state index contributed by atoms with van der Waals surface area (Å²) in [6.07, 6.45) is 0. The van der Waals surface area contributed by atoms with Crippen molar-refractivity contribution in [2.24, 2.45) is 5.73 Å². The molecule has 0 aliphatic carbocycles. The molecular formula is C7H10N2O3. The zero-order chi connectivity index (χ0) is 8.97. The Morgan fingerprint density at radius 1 is 1.83 bits per heavy atom. The maximum absolute atomic E-state index is 11.0. The molecule has 5 heteroatoms. The van der Waals surface area contributed by atoms with Gasteiger partial charge in [0.15, 0.2) is 0 Å². The summed E-state index contributed by atoms with van der Waals surface area (Å²) in [5.74, 6) is -0.415. The van der Waals surface area contributed by atoms with Crippen molar-refractivity contribution in [3.63, 3.8) is 0 Å². The van der Waals surface area contributed by atoms with Crippen LogP contribution in [0.15, 0.2) is 10.6 Å². The third-order valence-electron chi connectivity index (χ3n) is 1.24. The van der Waals surface area contributed by atoms with E-state index in [4.69, 9.17) is 5.73 Å². The topological polar surface area (TPSA) is 78.4 Å². The number of hydrogen-bond donors (Lipinski definition) is 1. The van der Waals surface area contributed by atoms with Crippen LogP contribution in [0.1, 0.15) is 23.2 Å². The normalized spacial score (nSPS) is 9.83. The quantitative estimate of drug-likeness (QED) is 0.660. The average Bonchev–Trinajstić information content (AvgIpc) is 2.52. The number of nitrogens with two attached hydrogens (primary N) is 1. The summed E-state index contributed by atoms with van der Waals surface area (Å²) >= 11 is 0. The number of nitrogens with zero attached hydrogens (tertiary/aromatic N) is 1. The molecule has 66 valence electrons. The van der Waals surface area contributed by atoms with Gasteiger partial charge in [0.25, 0.3) is 0 Å². The number of ether oxygens (including phenoxy) is 1. The largest absolute Gasteiger partial charge is 0.460 e. The Kier molecular flexibility index (Phi) is 2.82. The van der Waals surface area contributed by atoms with Crippen LogP contribution in [0.2, 0.25) is 0 Å². The molecule has 1 aromatic heterocycles. The van der Waals surface area contributed by atoms with Gasteiger partial charge in [0.2, 0.25) is 5.76 Å². The van der Waals surface area contributed by atoms with Crippen molar-refractivity contribution in [3.05, 3.63) is 17.5 Å². The summed E-state index contributed by atoms with van der Waals surface area (Å²) in [5, 5.41) is 3.54. The molecule has 0 aromatic carbocycles. The van der Waals surface area contributed by atoms with Crippen molar-refractivity contribution in [2.75, 3.05) is 6.61 Å². The van der Waals surface area contributed by atoms with Crippen LogP contribution in [-0.4, -0.2) is 17.7 Å². The monoisotopic (exact) mass is 170 g/mol. The Morgan fingerprint density at radius 2 is 2.58 bits per heavy atom. The Hall–Kier alpha value is -1.36. The average molecular weight is 170 g/mol. The van der Waals surface area contributed by atoms with E-state index in [0.29, 0.717) is 12.3 Å². The molecular weight excluding hydrogens is 160 g/mol. The standard InChI is InChI=1S/C7H10N2O3/c1-2-11-7(10)6-3-5(4-8)9-12-6/h3H,2,4,8H2,1H3. The van der Waals surface area contributed by atoms with E-state index in [9.17, 15) is 4.79 Å². The highest BCUT2D eigenvalue weighted by Crippen LogP contribution is 2.04. The highest BCUT2D eigenvalue weighted by Gasteiger charge is 2.12. The second kappa shape index (κ2) is 3.87. The van der Waals surface area contributed by atoms with Gasteiger partial charge in [-0.3, -0.25) is 0 Å². The maximum atomic E-state index is 11.0. The molecule has 1 rings (SSSR count). The molecule has 1 aromatic rings. The van der Waals surface area contributed by atoms with Gasteiger partial charge in [0, 0.05) is 12.6 Å². The van der Waals surface area contributed by atoms with Gasteiger partial charge in [-0.25, -0.2) is 4.79 Å². The molecule has 0 unspecified atom stereocenters. The van der Waals surface area contributed by atoms with Crippen LogP contribution in [0.4, 0.5) is 0 Å². The third kappa shape index (κ3) is 1.82. The third-order valence-corrected chi connectivity index (χ3v) is 1.24. The Bertz CT molecular complexity index is 269. The van der Waals surface area contributed by atoms with E-state index >= 15 is 0 Å². The lowest BCUT2D eigenvalue weighted by molar-refractivity contribution is 0.0479. The first kappa shape index (κ1) is 8.73. The number of rotatable bonds is 3. The number of carbonyl (C=O) groups is 1. The summed E-state index contributed by atoms with van der Waals surface area (Å²) in [6.45, 7) is 2.29. The molecule has 0 saturated carbocycles. The summed E-state index contributed by atoms with van der Waals surface area (Å²) < 4.78 is 9.34. The van der Waals surface area contributed by atoms with E-state index in [0.717, 1.165) is 0 Å². The van der Waals surface area contributed by atoms with Crippen molar-refractivity contribution < 1.29 is 14.1 Å². The van der Waals surface area contributed by atoms with Crippen LogP contribution in [0, 0.1) is 0 Å². The van der Waals surface area contributed by atoms with Crippen molar-refractivity contribution >= 4 is 5.97 Å². The van der Waals surface area contributed by atoms with Crippen molar-refractivity contribution in [1.82, 2.24) is 5.16 Å². The second-order valence-electron chi connectivity index (χ2n) is 2.11. The summed E-state index contributed by atoms with van der Waals surface area (Å²) in [7, 11) is 0. The van der Waals surface area contributed by atoms with Gasteiger partial charge < -0.3 is 15.0 Å². The van der Waals surface area contributed by atoms with Gasteiger partial charge >= 0.3 is 5.97 Å². The van der Waals surface area contributed by atoms with Crippen LogP contribution < -0.4 is 5.73 Å². The lowest BCUT2D eigenvalue weighted by Crippen LogP contribution is -2.02. The van der Waals surface area contributed by atoms with E-state index in [1.807, 2.05) is 0 Å². The van der Waals surface area contributed by atoms with Crippen LogP contribution in [0.25, 0.3) is 0 Å². The molecule has 0 amide bonds. The number of hydrogen-bond acceptors (Lipinski definition) is 5. The minimum Gasteiger partial charge on any atom is -0.460 e. The molecule has 0 aliphatic heterocycles. The smallest absolute Gasteiger partial charge is 0.377 e. The molecule has 0 spiro atoms. The lowest BCUT2D eigenvalue weighted by Gasteiger charge is -1.94. The molecule has 5 nitrogen and oxygen atoms in total. The Morgan fingerprint density at radius 3 is 3.08 bits per heavy atom. The zero-order valence-electron chi connectivity index (χ0n) is 6.74. The highest BCUT2D eigenvalue weighted by atomic mass is 16.6. The first-order valence-corrected chi connectivity index (χ1v) is 3.60. The fourth-order valence-electron chi connectivity index (χ4n) is 0.706. The fourth-order valence-corrected chi connectivity index (χ4v) is 0.706. The van der Waals surface area contributed by atoms with Crippen molar-refractivity contribution in [3.8, 4) is 0 Å². The van der Waals surface area contributed by atoms with Gasteiger partial charge in [-0.05, 0) is 6.92 Å². The summed E-state index contributed by atoms with van der Waals surface area (Å²) in [6, 6.07) is 1.47. The van der Waals surface area contributed by atoms with Gasteiger partial charge in [-0.2, -0.15) is 0 Å². The second-order valence-corrected chi connectivity index (χ2v) is 2.11. The van der Waals surface area contributed by atoms with E-state index in [1.165, 1.54) is 6.07 Å². The number of carbonyl (C=O) groups excluding carboxylic acids is 1. The van der Waals surface area contributed by atoms with E-state index in [1.54, 1.807) is 6.92 Å². The van der Waals surface area contributed by atoms with Crippen LogP contribution in [-0.2, 0) is 11.3 Å². The molecule has 0 atom stereocenters. The molecule has 12 heavy (non-hydrogen) atoms. The predicted molar refractivity (Wildman–Crippen MR) is 40.4 cm³/mol. The molecule has 0 radical (unpaired) electrons. The predicted octanol–water partition coefficient (Wildman–Crippen LogP) is 0.310. The summed E-state index contributed by atoms with van der Waals surface area (Å²) in [5.41, 5.74) is 5.80. The minimum absolute atomic E-state index is 0.0947. The highest BCUT2D eigenvalue weighted by molar-refractivity contribution is 5.86. The van der Waals surface area contributed by atoms with Gasteiger partial charge in [-0.15, -0.1) is 0 Å². The minimum atomic E-state index is -0.510. The maximum Gasteiger partial charge on any atom is 0.377 e. The lowest BCUT2D eigenvalue weighted by atomic mass is 10.4. The van der Waals surface area contributed by atoms with Gasteiger partial charge in [-0.1, -0.05) is 5.16 Å². The Balaban J connectivity index is 2.68. The number of esters is 1. The molecule has 1 heterocycles. The van der Waals surface area contributed by atoms with Gasteiger partial charge in [0.05, 0.1) is 12.3 Å². The molecule has 2 N–H and O–H groups in total. The van der Waals surface area contributed by atoms with Gasteiger partial charge in [0.1, 0.15) is 0 Å². The van der Waals surface area contributed by atoms with E-state index < -0.39 is 5.97 Å². The van der Waals surface area contributed by atoms with Crippen LogP contribution in [0.3, 0.4) is 0 Å². The van der Waals surface area contributed by atoms with Crippen LogP contribution >= 0.6 is 0 Å². The summed E-state index contributed by atoms with van der Waals surface area (Å²) in [4.78, 5) is 11.0. The Labute approximate surface area is 69.5 Å². The first-order chi connectivity index (χ1) is 5.77.